The van der Waals surface area contributed by atoms with Crippen molar-refractivity contribution < 1.29 is 9.18 Å². The molecule has 2 heterocycles. The third-order valence-electron chi connectivity index (χ3n) is 4.88. The van der Waals surface area contributed by atoms with E-state index in [9.17, 15) is 9.18 Å². The quantitative estimate of drug-likeness (QED) is 0.342. The highest BCUT2D eigenvalue weighted by Gasteiger charge is 2.14. The predicted octanol–water partition coefficient (Wildman–Crippen LogP) is 6.08. The van der Waals surface area contributed by atoms with Crippen LogP contribution in [0.4, 0.5) is 21.0 Å². The van der Waals surface area contributed by atoms with Crippen molar-refractivity contribution in [2.24, 2.45) is 0 Å². The SMILES string of the molecule is CCCCc1cccc(-c2csc(NC(=O)c3ccc(Nc4ccncn4)cc3)n2)c1F. The molecule has 162 valence electrons. The Morgan fingerprint density at radius 3 is 2.72 bits per heavy atom. The van der Waals surface area contributed by atoms with E-state index in [1.807, 2.05) is 12.1 Å². The highest BCUT2D eigenvalue weighted by atomic mass is 32.1. The molecule has 32 heavy (non-hydrogen) atoms. The van der Waals surface area contributed by atoms with Crippen molar-refractivity contribution in [2.45, 2.75) is 26.2 Å². The van der Waals surface area contributed by atoms with Gasteiger partial charge < -0.3 is 5.32 Å². The fourth-order valence-corrected chi connectivity index (χ4v) is 3.89. The summed E-state index contributed by atoms with van der Waals surface area (Å²) < 4.78 is 14.9. The Bertz CT molecular complexity index is 1190. The lowest BCUT2D eigenvalue weighted by molar-refractivity contribution is 0.102. The fraction of sp³-hybridized carbons (Fsp3) is 0.167. The van der Waals surface area contributed by atoms with Crippen molar-refractivity contribution in [3.8, 4) is 11.3 Å². The maximum Gasteiger partial charge on any atom is 0.257 e. The summed E-state index contributed by atoms with van der Waals surface area (Å²) in [6.07, 6.45) is 5.75. The summed E-state index contributed by atoms with van der Waals surface area (Å²) in [5.74, 6) is 0.145. The molecule has 0 aliphatic rings. The van der Waals surface area contributed by atoms with Gasteiger partial charge in [-0.1, -0.05) is 25.5 Å². The smallest absolute Gasteiger partial charge is 0.257 e. The third-order valence-corrected chi connectivity index (χ3v) is 5.64. The van der Waals surface area contributed by atoms with Gasteiger partial charge in [0.25, 0.3) is 5.91 Å². The van der Waals surface area contributed by atoms with Crippen molar-refractivity contribution in [3.63, 3.8) is 0 Å². The molecule has 0 saturated heterocycles. The monoisotopic (exact) mass is 447 g/mol. The maximum absolute atomic E-state index is 14.9. The van der Waals surface area contributed by atoms with Crippen LogP contribution in [0.5, 0.6) is 0 Å². The molecule has 0 aliphatic heterocycles. The normalized spacial score (nSPS) is 10.7. The number of unbranched alkanes of at least 4 members (excludes halogenated alkanes) is 1. The first-order chi connectivity index (χ1) is 15.6. The molecule has 8 heteroatoms. The van der Waals surface area contributed by atoms with Gasteiger partial charge in [0.05, 0.1) is 5.69 Å². The Hall–Kier alpha value is -3.65. The van der Waals surface area contributed by atoms with Gasteiger partial charge in [0.2, 0.25) is 0 Å². The van der Waals surface area contributed by atoms with Crippen LogP contribution in [0.15, 0.2) is 66.4 Å². The second kappa shape index (κ2) is 10.1. The van der Waals surface area contributed by atoms with Gasteiger partial charge in [0.1, 0.15) is 18.0 Å². The minimum Gasteiger partial charge on any atom is -0.340 e. The zero-order chi connectivity index (χ0) is 22.3. The van der Waals surface area contributed by atoms with Gasteiger partial charge >= 0.3 is 0 Å². The van der Waals surface area contributed by atoms with Crippen molar-refractivity contribution in [1.82, 2.24) is 15.0 Å². The molecule has 0 atom stereocenters. The fourth-order valence-electron chi connectivity index (χ4n) is 3.18. The number of thiazole rings is 1. The highest BCUT2D eigenvalue weighted by Crippen LogP contribution is 2.29. The number of carbonyl (C=O) groups is 1. The number of hydrogen-bond acceptors (Lipinski definition) is 6. The van der Waals surface area contributed by atoms with Gasteiger partial charge in [0.15, 0.2) is 5.13 Å². The van der Waals surface area contributed by atoms with Gasteiger partial charge in [-0.25, -0.2) is 19.3 Å². The van der Waals surface area contributed by atoms with E-state index in [4.69, 9.17) is 0 Å². The molecule has 6 nitrogen and oxygen atoms in total. The molecular weight excluding hydrogens is 425 g/mol. The zero-order valence-electron chi connectivity index (χ0n) is 17.5. The van der Waals surface area contributed by atoms with Crippen LogP contribution in [0.3, 0.4) is 0 Å². The van der Waals surface area contributed by atoms with Gasteiger partial charge in [0, 0.05) is 28.4 Å². The summed E-state index contributed by atoms with van der Waals surface area (Å²) in [6.45, 7) is 2.08. The number of amides is 1. The third kappa shape index (κ3) is 5.15. The van der Waals surface area contributed by atoms with Gasteiger partial charge in [-0.2, -0.15) is 0 Å². The Morgan fingerprint density at radius 1 is 1.12 bits per heavy atom. The average Bonchev–Trinajstić information content (AvgIpc) is 3.27. The molecule has 4 rings (SSSR count). The predicted molar refractivity (Wildman–Crippen MR) is 126 cm³/mol. The molecule has 0 unspecified atom stereocenters. The van der Waals surface area contributed by atoms with Crippen molar-refractivity contribution in [2.75, 3.05) is 10.6 Å². The van der Waals surface area contributed by atoms with Crippen LogP contribution in [0.1, 0.15) is 35.7 Å². The minimum absolute atomic E-state index is 0.240. The van der Waals surface area contributed by atoms with Crippen LogP contribution in [-0.4, -0.2) is 20.9 Å². The Kier molecular flexibility index (Phi) is 6.81. The van der Waals surface area contributed by atoms with Gasteiger partial charge in [-0.3, -0.25) is 10.1 Å². The van der Waals surface area contributed by atoms with E-state index >= 15 is 0 Å². The first-order valence-electron chi connectivity index (χ1n) is 10.3. The molecule has 0 radical (unpaired) electrons. The molecule has 0 fully saturated rings. The summed E-state index contributed by atoms with van der Waals surface area (Å²) in [6, 6.07) is 14.1. The largest absolute Gasteiger partial charge is 0.340 e. The summed E-state index contributed by atoms with van der Waals surface area (Å²) in [4.78, 5) is 25.0. The van der Waals surface area contributed by atoms with Gasteiger partial charge in [-0.15, -0.1) is 11.3 Å². The lowest BCUT2D eigenvalue weighted by Gasteiger charge is -2.07. The molecule has 0 saturated carbocycles. The number of anilines is 3. The second-order valence-electron chi connectivity index (χ2n) is 7.17. The summed E-state index contributed by atoms with van der Waals surface area (Å²) in [5, 5.41) is 8.11. The van der Waals surface area contributed by atoms with Crippen LogP contribution in [-0.2, 0) is 6.42 Å². The molecule has 0 bridgehead atoms. The molecule has 0 spiro atoms. The summed E-state index contributed by atoms with van der Waals surface area (Å²) >= 11 is 1.27. The molecule has 4 aromatic rings. The standard InChI is InChI=1S/C24H22FN5OS/c1-2-3-5-16-6-4-7-19(22(16)25)20-14-32-24(29-20)30-23(31)17-8-10-18(11-9-17)28-21-12-13-26-15-27-21/h4,6-15H,2-3,5H2,1H3,(H,26,27,28)(H,29,30,31). The maximum atomic E-state index is 14.9. The van der Waals surface area contributed by atoms with Crippen molar-refractivity contribution in [1.29, 1.82) is 0 Å². The molecule has 1 amide bonds. The molecule has 0 aliphatic carbocycles. The van der Waals surface area contributed by atoms with Crippen LogP contribution >= 0.6 is 11.3 Å². The Labute approximate surface area is 189 Å². The Balaban J connectivity index is 1.43. The zero-order valence-corrected chi connectivity index (χ0v) is 18.3. The lowest BCUT2D eigenvalue weighted by atomic mass is 10.0. The van der Waals surface area contributed by atoms with Crippen LogP contribution in [0, 0.1) is 5.82 Å². The van der Waals surface area contributed by atoms with Crippen LogP contribution in [0.2, 0.25) is 0 Å². The van der Waals surface area contributed by atoms with Crippen LogP contribution < -0.4 is 10.6 Å². The minimum atomic E-state index is -0.281. The first kappa shape index (κ1) is 21.6. The molecular formula is C24H22FN5OS. The Morgan fingerprint density at radius 2 is 1.97 bits per heavy atom. The second-order valence-corrected chi connectivity index (χ2v) is 8.03. The van der Waals surface area contributed by atoms with Crippen molar-refractivity contribution in [3.05, 3.63) is 83.4 Å². The topological polar surface area (TPSA) is 79.8 Å². The van der Waals surface area contributed by atoms with Gasteiger partial charge in [-0.05, 0) is 54.8 Å². The number of rotatable bonds is 8. The van der Waals surface area contributed by atoms with E-state index in [0.29, 0.717) is 39.8 Å². The number of carbonyl (C=O) groups excluding carboxylic acids is 1. The number of hydrogen-bond donors (Lipinski definition) is 2. The number of benzene rings is 2. The number of aromatic nitrogens is 3. The van der Waals surface area contributed by atoms with E-state index in [0.717, 1.165) is 18.5 Å². The van der Waals surface area contributed by atoms with E-state index in [1.165, 1.54) is 17.7 Å². The molecule has 2 N–H and O–H groups in total. The first-order valence-corrected chi connectivity index (χ1v) is 11.2. The van der Waals surface area contributed by atoms with E-state index in [1.54, 1.807) is 48.0 Å². The highest BCUT2D eigenvalue weighted by molar-refractivity contribution is 7.14. The summed E-state index contributed by atoms with van der Waals surface area (Å²) in [7, 11) is 0. The number of halogens is 1. The summed E-state index contributed by atoms with van der Waals surface area (Å²) in [5.41, 5.74) is 2.96. The number of aryl methyl sites for hydroxylation is 1. The van der Waals surface area contributed by atoms with Crippen LogP contribution in [0.25, 0.3) is 11.3 Å². The molecule has 2 aromatic heterocycles. The molecule has 2 aromatic carbocycles. The van der Waals surface area contributed by atoms with Crippen molar-refractivity contribution >= 4 is 33.9 Å². The van der Waals surface area contributed by atoms with E-state index in [-0.39, 0.29) is 11.7 Å². The van der Waals surface area contributed by atoms with E-state index < -0.39 is 0 Å². The number of nitrogens with zero attached hydrogens (tertiary/aromatic N) is 3. The number of nitrogens with one attached hydrogen (secondary N) is 2. The average molecular weight is 448 g/mol. The lowest BCUT2D eigenvalue weighted by Crippen LogP contribution is -2.11. The van der Waals surface area contributed by atoms with E-state index in [2.05, 4.69) is 32.5 Å².